The van der Waals surface area contributed by atoms with Crippen LogP contribution in [0, 0.1) is 29.4 Å². The Hall–Kier alpha value is -4.42. The fraction of sp³-hybridized carbons (Fsp3) is 0.486. The quantitative estimate of drug-likeness (QED) is 0.257. The van der Waals surface area contributed by atoms with Gasteiger partial charge in [0.05, 0.1) is 68.4 Å². The van der Waals surface area contributed by atoms with Gasteiger partial charge in [0, 0.05) is 50.8 Å². The number of carbonyl (C=O) groups is 1. The lowest BCUT2D eigenvalue weighted by molar-refractivity contribution is -0.117. The lowest BCUT2D eigenvalue weighted by Crippen LogP contribution is -2.44. The third kappa shape index (κ3) is 6.89. The Morgan fingerprint density at radius 1 is 1.16 bits per heavy atom. The van der Waals surface area contributed by atoms with Crippen molar-refractivity contribution >= 4 is 34.1 Å². The number of amides is 1. The molecule has 2 aromatic heterocycles. The number of terminal acetylenes is 1. The van der Waals surface area contributed by atoms with Gasteiger partial charge in [-0.05, 0) is 30.5 Å². The summed E-state index contributed by atoms with van der Waals surface area (Å²) in [5, 5.41) is 13.9. The molecule has 1 saturated carbocycles. The van der Waals surface area contributed by atoms with E-state index in [1.165, 1.54) is 23.2 Å². The van der Waals surface area contributed by atoms with Crippen LogP contribution < -0.4 is 19.9 Å². The Bertz CT molecular complexity index is 1790. The zero-order chi connectivity index (χ0) is 34.1. The number of nitrogens with one attached hydrogen (secondary N) is 1. The number of hydrogen-bond acceptors (Lipinski definition) is 11. The number of halogens is 2. The molecule has 0 spiro atoms. The van der Waals surface area contributed by atoms with Crippen LogP contribution in [0.25, 0.3) is 10.9 Å². The molecule has 1 amide bonds. The monoisotopic (exact) mass is 675 g/mol. The molecule has 7 rings (SSSR count). The Morgan fingerprint density at radius 3 is 2.71 bits per heavy atom. The summed E-state index contributed by atoms with van der Waals surface area (Å²) >= 11 is 0. The molecular formula is C35H39F2N7O5. The molecule has 3 aromatic rings. The normalized spacial score (nSPS) is 22.2. The van der Waals surface area contributed by atoms with Gasteiger partial charge in [0.15, 0.2) is 11.6 Å². The average molecular weight is 676 g/mol. The fourth-order valence-corrected chi connectivity index (χ4v) is 6.86. The molecule has 49 heavy (non-hydrogen) atoms. The van der Waals surface area contributed by atoms with Crippen molar-refractivity contribution in [3.8, 4) is 18.4 Å². The van der Waals surface area contributed by atoms with Crippen molar-refractivity contribution in [1.29, 1.82) is 0 Å². The first-order valence-corrected chi connectivity index (χ1v) is 16.6. The van der Waals surface area contributed by atoms with E-state index in [0.29, 0.717) is 56.3 Å². The molecule has 1 aromatic carbocycles. The molecule has 14 heteroatoms. The number of rotatable bonds is 9. The van der Waals surface area contributed by atoms with E-state index in [9.17, 15) is 14.3 Å². The maximum absolute atomic E-state index is 16.9. The number of pyridine rings is 1. The van der Waals surface area contributed by atoms with Gasteiger partial charge in [-0.25, -0.2) is 13.8 Å². The number of anilines is 3. The molecule has 0 unspecified atom stereocenters. The number of nitrogens with zero attached hydrogens (tertiary/aromatic N) is 6. The van der Waals surface area contributed by atoms with Gasteiger partial charge >= 0.3 is 6.01 Å². The maximum Gasteiger partial charge on any atom is 0.319 e. The minimum absolute atomic E-state index is 0.00178. The van der Waals surface area contributed by atoms with E-state index in [4.69, 9.17) is 25.6 Å². The molecule has 4 aliphatic rings. The first-order chi connectivity index (χ1) is 23.8. The number of carbonyl (C=O) groups excluding carboxylic acids is 1. The SMILES string of the molecule is C#Cc1c(F)ccc2c1N(c1ncc3c(N4CCOC[C@@H](NC(=O)C=C)C4)nc(OCC4(CN5CCOCC5)CC4)nc3c1F)C[C@H](O)C2. The number of fused-ring (bicyclic) bond motifs is 2. The van der Waals surface area contributed by atoms with E-state index in [-0.39, 0.29) is 59.5 Å². The highest BCUT2D eigenvalue weighted by Crippen LogP contribution is 2.47. The van der Waals surface area contributed by atoms with Gasteiger partial charge in [-0.15, -0.1) is 6.42 Å². The summed E-state index contributed by atoms with van der Waals surface area (Å²) in [6, 6.07) is 2.39. The minimum Gasteiger partial charge on any atom is -0.463 e. The highest BCUT2D eigenvalue weighted by Gasteiger charge is 2.45. The molecule has 2 saturated heterocycles. The van der Waals surface area contributed by atoms with Gasteiger partial charge in [-0.3, -0.25) is 9.69 Å². The summed E-state index contributed by atoms with van der Waals surface area (Å²) in [7, 11) is 0. The second kappa shape index (κ2) is 13.8. The number of aliphatic hydroxyl groups excluding tert-OH is 1. The number of β-amino-alcohol motifs (C(OH)–C–C–N with tert-alkyl or cyclic N) is 1. The summed E-state index contributed by atoms with van der Waals surface area (Å²) in [5.74, 6) is 0.833. The van der Waals surface area contributed by atoms with Crippen molar-refractivity contribution in [2.24, 2.45) is 5.41 Å². The number of hydrogen-bond donors (Lipinski definition) is 2. The Balaban J connectivity index is 1.28. The van der Waals surface area contributed by atoms with Crippen LogP contribution in [0.4, 0.5) is 26.1 Å². The standard InChI is InChI=1S/C35H39F2N7O5/c1-3-25-27(36)6-5-22-15-24(45)18-44(31(22)25)33-29(37)30-26(16-38-33)32(43-11-14-48-19-23(17-43)39-28(46)4-2)41-34(40-30)49-21-35(7-8-35)20-42-9-12-47-13-10-42/h1,4-6,16,23-24,45H,2,7-15,17-21H2,(H,39,46)/t23-,24+/m0/s1. The average Bonchev–Trinajstić information content (AvgIpc) is 3.91. The number of ether oxygens (including phenoxy) is 3. The van der Waals surface area contributed by atoms with Crippen LogP contribution in [0.15, 0.2) is 31.0 Å². The number of benzene rings is 1. The van der Waals surface area contributed by atoms with Crippen LogP contribution in [0.2, 0.25) is 0 Å². The molecule has 2 atom stereocenters. The molecule has 1 aliphatic carbocycles. The molecule has 0 radical (unpaired) electrons. The largest absolute Gasteiger partial charge is 0.463 e. The van der Waals surface area contributed by atoms with Crippen LogP contribution in [-0.4, -0.2) is 115 Å². The third-order valence-electron chi connectivity index (χ3n) is 9.58. The summed E-state index contributed by atoms with van der Waals surface area (Å²) in [4.78, 5) is 31.7. The molecule has 0 bridgehead atoms. The molecule has 258 valence electrons. The third-order valence-corrected chi connectivity index (χ3v) is 9.58. The van der Waals surface area contributed by atoms with Crippen molar-refractivity contribution in [3.63, 3.8) is 0 Å². The number of morpholine rings is 1. The molecule has 12 nitrogen and oxygen atoms in total. The zero-order valence-corrected chi connectivity index (χ0v) is 27.2. The van der Waals surface area contributed by atoms with E-state index >= 15 is 4.39 Å². The van der Waals surface area contributed by atoms with Crippen molar-refractivity contribution in [1.82, 2.24) is 25.2 Å². The number of aromatic nitrogens is 3. The van der Waals surface area contributed by atoms with Crippen molar-refractivity contribution < 1.29 is 32.9 Å². The Morgan fingerprint density at radius 2 is 1.96 bits per heavy atom. The zero-order valence-electron chi connectivity index (χ0n) is 27.2. The highest BCUT2D eigenvalue weighted by molar-refractivity contribution is 5.92. The summed E-state index contributed by atoms with van der Waals surface area (Å²) in [5.41, 5.74) is 0.713. The summed E-state index contributed by atoms with van der Waals surface area (Å²) < 4.78 is 49.4. The van der Waals surface area contributed by atoms with Gasteiger partial charge in [0.2, 0.25) is 5.91 Å². The van der Waals surface area contributed by atoms with Crippen LogP contribution in [0.5, 0.6) is 6.01 Å². The smallest absolute Gasteiger partial charge is 0.319 e. The first kappa shape index (κ1) is 33.1. The highest BCUT2D eigenvalue weighted by atomic mass is 19.1. The topological polar surface area (TPSA) is 125 Å². The lowest BCUT2D eigenvalue weighted by atomic mass is 9.95. The second-order valence-electron chi connectivity index (χ2n) is 13.1. The first-order valence-electron chi connectivity index (χ1n) is 16.6. The van der Waals surface area contributed by atoms with Gasteiger partial charge in [-0.1, -0.05) is 18.6 Å². The van der Waals surface area contributed by atoms with Crippen molar-refractivity contribution in [3.05, 3.63) is 53.7 Å². The Kier molecular flexibility index (Phi) is 9.34. The molecule has 3 fully saturated rings. The van der Waals surface area contributed by atoms with E-state index in [2.05, 4.69) is 32.7 Å². The summed E-state index contributed by atoms with van der Waals surface area (Å²) in [6.45, 7) is 9.13. The van der Waals surface area contributed by atoms with E-state index in [0.717, 1.165) is 32.5 Å². The molecule has 5 heterocycles. The van der Waals surface area contributed by atoms with Crippen LogP contribution in [-0.2, 0) is 20.7 Å². The van der Waals surface area contributed by atoms with E-state index in [1.807, 2.05) is 4.90 Å². The second-order valence-corrected chi connectivity index (χ2v) is 13.1. The molecule has 2 N–H and O–H groups in total. The molecule has 3 aliphatic heterocycles. The van der Waals surface area contributed by atoms with E-state index < -0.39 is 23.8 Å². The van der Waals surface area contributed by atoms with Gasteiger partial charge in [0.25, 0.3) is 0 Å². The van der Waals surface area contributed by atoms with Gasteiger partial charge in [-0.2, -0.15) is 9.97 Å². The van der Waals surface area contributed by atoms with Gasteiger partial charge < -0.3 is 34.4 Å². The lowest BCUT2D eigenvalue weighted by Gasteiger charge is -2.34. The van der Waals surface area contributed by atoms with Gasteiger partial charge in [0.1, 0.15) is 17.2 Å². The van der Waals surface area contributed by atoms with Crippen LogP contribution >= 0.6 is 0 Å². The predicted molar refractivity (Wildman–Crippen MR) is 178 cm³/mol. The van der Waals surface area contributed by atoms with Crippen molar-refractivity contribution in [2.45, 2.75) is 31.4 Å². The van der Waals surface area contributed by atoms with E-state index in [1.54, 1.807) is 6.07 Å². The molecular weight excluding hydrogens is 636 g/mol. The van der Waals surface area contributed by atoms with Crippen LogP contribution in [0.3, 0.4) is 0 Å². The maximum atomic E-state index is 16.9. The van der Waals surface area contributed by atoms with Crippen molar-refractivity contribution in [2.75, 3.05) is 82.1 Å². The fourth-order valence-electron chi connectivity index (χ4n) is 6.86. The van der Waals surface area contributed by atoms with Crippen LogP contribution in [0.1, 0.15) is 24.0 Å². The summed E-state index contributed by atoms with van der Waals surface area (Å²) in [6.07, 6.45) is 9.71. The Labute approximate surface area is 283 Å². The minimum atomic E-state index is -0.874. The predicted octanol–water partition coefficient (Wildman–Crippen LogP) is 2.34. The number of aliphatic hydroxyl groups is 1.